The first-order chi connectivity index (χ1) is 50.7. The molecular formula is C76H140N2O27. The summed E-state index contributed by atoms with van der Waals surface area (Å²) in [5, 5.41) is 171. The van der Waals surface area contributed by atoms with Gasteiger partial charge < -0.3 is 135 Å². The van der Waals surface area contributed by atoms with Gasteiger partial charge in [0.1, 0.15) is 116 Å². The molecule has 105 heavy (non-hydrogen) atoms. The van der Waals surface area contributed by atoms with Crippen molar-refractivity contribution in [2.45, 2.75) is 424 Å². The number of carbonyl (C=O) groups is 2. The maximum atomic E-state index is 13.5. The van der Waals surface area contributed by atoms with Crippen LogP contribution in [0.2, 0.25) is 0 Å². The Balaban J connectivity index is 1.15. The summed E-state index contributed by atoms with van der Waals surface area (Å²) in [6.45, 7) is 2.68. The Morgan fingerprint density at radius 3 is 1.22 bits per heavy atom. The van der Waals surface area contributed by atoms with Crippen molar-refractivity contribution in [1.82, 2.24) is 10.6 Å². The molecule has 0 bridgehead atoms. The van der Waals surface area contributed by atoms with Gasteiger partial charge in [0.25, 0.3) is 0 Å². The largest absolute Gasteiger partial charge is 0.394 e. The molecule has 0 saturated carbocycles. The van der Waals surface area contributed by atoms with E-state index in [1.54, 1.807) is 6.08 Å². The van der Waals surface area contributed by atoms with Gasteiger partial charge in [-0.25, -0.2) is 0 Å². The van der Waals surface area contributed by atoms with E-state index in [1.807, 2.05) is 6.08 Å². The highest BCUT2D eigenvalue weighted by Crippen LogP contribution is 2.37. The van der Waals surface area contributed by atoms with Gasteiger partial charge in [0.15, 0.2) is 31.5 Å². The maximum Gasteiger partial charge on any atom is 0.220 e. The van der Waals surface area contributed by atoms with Crippen LogP contribution in [0.25, 0.3) is 0 Å². The lowest BCUT2D eigenvalue weighted by Crippen LogP contribution is -2.70. The Bertz CT molecular complexity index is 2270. The van der Waals surface area contributed by atoms with E-state index in [1.165, 1.54) is 174 Å². The third kappa shape index (κ3) is 31.6. The van der Waals surface area contributed by atoms with E-state index in [9.17, 15) is 86.2 Å². The van der Waals surface area contributed by atoms with Crippen LogP contribution in [0.3, 0.4) is 0 Å². The minimum absolute atomic E-state index is 0.202. The van der Waals surface area contributed by atoms with E-state index in [0.29, 0.717) is 12.8 Å². The molecular weight excluding hydrogens is 1370 g/mol. The van der Waals surface area contributed by atoms with E-state index >= 15 is 0 Å². The van der Waals surface area contributed by atoms with Crippen LogP contribution in [-0.2, 0) is 57.0 Å². The Kier molecular flexibility index (Phi) is 46.9. The summed E-state index contributed by atoms with van der Waals surface area (Å²) in [5.74, 6) is -1.13. The Hall–Kier alpha value is -2.32. The van der Waals surface area contributed by atoms with Crippen LogP contribution in [0.1, 0.15) is 259 Å². The van der Waals surface area contributed by atoms with Crippen molar-refractivity contribution in [2.24, 2.45) is 0 Å². The second-order valence-electron chi connectivity index (χ2n) is 29.9. The molecule has 5 saturated heterocycles. The summed E-state index contributed by atoms with van der Waals surface area (Å²) in [5.41, 5.74) is 0. The van der Waals surface area contributed by atoms with E-state index in [2.05, 4.69) is 24.5 Å². The van der Waals surface area contributed by atoms with Crippen molar-refractivity contribution >= 4 is 11.8 Å². The van der Waals surface area contributed by atoms with E-state index in [0.717, 1.165) is 51.9 Å². The topological polar surface area (TPSA) is 454 Å². The molecule has 5 rings (SSSR count). The summed E-state index contributed by atoms with van der Waals surface area (Å²) in [7, 11) is 0. The minimum atomic E-state index is -2.15. The molecule has 29 nitrogen and oxygen atoms in total. The Morgan fingerprint density at radius 1 is 0.390 bits per heavy atom. The molecule has 616 valence electrons. The first-order valence-corrected chi connectivity index (χ1v) is 40.3. The lowest BCUT2D eigenvalue weighted by Gasteiger charge is -2.50. The van der Waals surface area contributed by atoms with Gasteiger partial charge >= 0.3 is 0 Å². The molecule has 0 aromatic rings. The van der Waals surface area contributed by atoms with Crippen LogP contribution < -0.4 is 10.6 Å². The fourth-order valence-electron chi connectivity index (χ4n) is 14.6. The molecule has 0 radical (unpaired) electrons. The number of carbonyl (C=O) groups excluding carboxylic acids is 2. The summed E-state index contributed by atoms with van der Waals surface area (Å²) in [6, 6.07) is -2.76. The zero-order chi connectivity index (χ0) is 76.6. The number of rotatable bonds is 55. The minimum Gasteiger partial charge on any atom is -0.394 e. The average molecular weight is 1510 g/mol. The van der Waals surface area contributed by atoms with E-state index < -0.39 is 205 Å². The SMILES string of the molecule is CCCCCCCCCCCCC/C=C/[C@@H](O)[C@H](CO[C@@H]1OC(CO)[C@@H](O[C@@H]2OC(CO)[C@H](O[C@@H]3OC(CO)[C@H](O)[C@H](O[C@@H]4OC(CO)[C@H](O)[C@H](O)C4O[C@H]4OC(C)[C@@H](O)C(O)[C@@H]4O)C3NC(C)=O)[C@H](O)C2O)[C@H](O)C1O)NC(=O)CCCCCCCCCCCCCCCCCCCCCCCCC. The lowest BCUT2D eigenvalue weighted by atomic mass is 9.94. The average Bonchev–Trinajstić information content (AvgIpc) is 0.770. The Morgan fingerprint density at radius 2 is 0.752 bits per heavy atom. The second-order valence-corrected chi connectivity index (χ2v) is 29.9. The van der Waals surface area contributed by atoms with Crippen molar-refractivity contribution in [3.8, 4) is 0 Å². The van der Waals surface area contributed by atoms with Crippen LogP contribution in [0.15, 0.2) is 12.2 Å². The van der Waals surface area contributed by atoms with Crippen molar-refractivity contribution in [3.63, 3.8) is 0 Å². The van der Waals surface area contributed by atoms with Crippen molar-refractivity contribution < 1.29 is 134 Å². The summed E-state index contributed by atoms with van der Waals surface area (Å²) in [6.07, 6.45) is 1.30. The molecule has 27 atom stereocenters. The van der Waals surface area contributed by atoms with Crippen LogP contribution >= 0.6 is 0 Å². The summed E-state index contributed by atoms with van der Waals surface area (Å²) in [4.78, 5) is 26.5. The van der Waals surface area contributed by atoms with Crippen molar-refractivity contribution in [2.75, 3.05) is 33.0 Å². The standard InChI is InChI=1S/C76H140N2O27/c1-5-7-9-11-13-15-17-19-20-21-22-23-24-25-26-27-28-30-32-34-36-38-40-42-56(85)78-50(51(84)41-39-37-35-33-31-29-18-16-14-12-10-8-6-2)47-96-73-66(94)63(91)69(54(45-81)100-73)103-75-67(95)64(92)68(55(46-82)101-75)102-72-57(77-49(4)83)70(60(88)53(44-80)98-72)104-76-71(62(90)59(87)52(43-79)99-76)105-74-65(93)61(89)58(86)48(3)97-74/h39,41,48,50-55,57-76,79-82,84,86-95H,5-38,40,42-47H2,1-4H3,(H,77,83)(H,78,85)/b41-39+/t48?,50-,51+,52?,53?,54?,55?,57?,58+,59-,60-,61?,62-,63+,64+,65-,66?,67?,68-,69+,70+,71?,72-,73+,74+,75-,76-/m0/s1. The summed E-state index contributed by atoms with van der Waals surface area (Å²) < 4.78 is 59.2. The van der Waals surface area contributed by atoms with Gasteiger partial charge in [0.05, 0.1) is 51.3 Å². The third-order valence-corrected chi connectivity index (χ3v) is 21.2. The number of allylic oxidation sites excluding steroid dienone is 1. The van der Waals surface area contributed by atoms with Crippen molar-refractivity contribution in [3.05, 3.63) is 12.2 Å². The number of aliphatic hydroxyl groups is 15. The molecule has 0 aliphatic carbocycles. The molecule has 29 heteroatoms. The third-order valence-electron chi connectivity index (χ3n) is 21.2. The molecule has 17 N–H and O–H groups in total. The molecule has 2 amide bonds. The fraction of sp³-hybridized carbons (Fsp3) is 0.947. The van der Waals surface area contributed by atoms with E-state index in [4.69, 9.17) is 47.4 Å². The summed E-state index contributed by atoms with van der Waals surface area (Å²) >= 11 is 0. The highest BCUT2D eigenvalue weighted by Gasteiger charge is 2.57. The number of hydrogen-bond acceptors (Lipinski definition) is 27. The number of hydrogen-bond donors (Lipinski definition) is 17. The number of nitrogens with one attached hydrogen (secondary N) is 2. The quantitative estimate of drug-likeness (QED) is 0.0304. The fourth-order valence-corrected chi connectivity index (χ4v) is 14.6. The number of amides is 2. The van der Waals surface area contributed by atoms with Crippen LogP contribution in [0, 0.1) is 0 Å². The van der Waals surface area contributed by atoms with Crippen LogP contribution in [0.4, 0.5) is 0 Å². The molecule has 5 heterocycles. The van der Waals surface area contributed by atoms with Crippen LogP contribution in [0.5, 0.6) is 0 Å². The number of aliphatic hydroxyl groups excluding tert-OH is 15. The second kappa shape index (κ2) is 52.8. The van der Waals surface area contributed by atoms with Crippen molar-refractivity contribution in [1.29, 1.82) is 0 Å². The predicted molar refractivity (Wildman–Crippen MR) is 385 cm³/mol. The monoisotopic (exact) mass is 1510 g/mol. The molecule has 5 aliphatic rings. The molecule has 10 unspecified atom stereocenters. The van der Waals surface area contributed by atoms with Gasteiger partial charge in [-0.1, -0.05) is 231 Å². The lowest BCUT2D eigenvalue weighted by molar-refractivity contribution is -0.389. The molecule has 0 spiro atoms. The smallest absolute Gasteiger partial charge is 0.220 e. The van der Waals surface area contributed by atoms with E-state index in [-0.39, 0.29) is 12.3 Å². The number of ether oxygens (including phenoxy) is 10. The van der Waals surface area contributed by atoms with Crippen LogP contribution in [-0.4, -0.2) is 287 Å². The van der Waals surface area contributed by atoms with Gasteiger partial charge in [-0.3, -0.25) is 9.59 Å². The predicted octanol–water partition coefficient (Wildman–Crippen LogP) is 3.76. The zero-order valence-corrected chi connectivity index (χ0v) is 63.3. The first-order valence-electron chi connectivity index (χ1n) is 40.3. The first kappa shape index (κ1) is 93.3. The Labute approximate surface area is 623 Å². The molecule has 5 aliphatic heterocycles. The zero-order valence-electron chi connectivity index (χ0n) is 63.3. The molecule has 5 fully saturated rings. The van der Waals surface area contributed by atoms with Gasteiger partial charge in [0, 0.05) is 13.3 Å². The number of unbranched alkanes of at least 4 members (excludes halogenated alkanes) is 33. The van der Waals surface area contributed by atoms with Gasteiger partial charge in [-0.05, 0) is 26.2 Å². The van der Waals surface area contributed by atoms with Gasteiger partial charge in [0.2, 0.25) is 11.8 Å². The molecule has 0 aromatic heterocycles. The van der Waals surface area contributed by atoms with Gasteiger partial charge in [-0.2, -0.15) is 0 Å². The van der Waals surface area contributed by atoms with Gasteiger partial charge in [-0.15, -0.1) is 0 Å². The maximum absolute atomic E-state index is 13.5. The molecule has 0 aromatic carbocycles. The normalized spacial score (nSPS) is 34.5. The highest BCUT2D eigenvalue weighted by molar-refractivity contribution is 5.76. The highest BCUT2D eigenvalue weighted by atomic mass is 16.8.